The van der Waals surface area contributed by atoms with E-state index in [2.05, 4.69) is 47.3 Å². The lowest BCUT2D eigenvalue weighted by atomic mass is 9.96. The smallest absolute Gasteiger partial charge is 0.272 e. The summed E-state index contributed by atoms with van der Waals surface area (Å²) in [7, 11) is 0. The van der Waals surface area contributed by atoms with Crippen LogP contribution in [0.2, 0.25) is 0 Å². The van der Waals surface area contributed by atoms with Crippen molar-refractivity contribution in [1.29, 1.82) is 0 Å². The number of carbonyl (C=O) groups is 1. The fourth-order valence-electron chi connectivity index (χ4n) is 3.99. The first-order chi connectivity index (χ1) is 12.9. The molecular weight excluding hydrogens is 336 g/mol. The number of likely N-dealkylation sites (tertiary alicyclic amines) is 1. The number of nitrogens with one attached hydrogen (secondary N) is 1. The van der Waals surface area contributed by atoms with Crippen LogP contribution in [-0.2, 0) is 6.42 Å². The van der Waals surface area contributed by atoms with Gasteiger partial charge in [0.2, 0.25) is 0 Å². The Bertz CT molecular complexity index is 757. The molecule has 5 nitrogen and oxygen atoms in total. The third kappa shape index (κ3) is 5.10. The molecule has 148 valence electrons. The molecule has 0 saturated carbocycles. The Hall–Kier alpha value is -1.88. The Morgan fingerprint density at radius 2 is 1.93 bits per heavy atom. The van der Waals surface area contributed by atoms with Gasteiger partial charge in [-0.2, -0.15) is 0 Å². The molecule has 1 aliphatic heterocycles. The van der Waals surface area contributed by atoms with Crippen molar-refractivity contribution in [3.8, 4) is 0 Å². The van der Waals surface area contributed by atoms with Crippen LogP contribution < -0.4 is 5.32 Å². The zero-order valence-electron chi connectivity index (χ0n) is 17.2. The molecular formula is C22H34N4O. The van der Waals surface area contributed by atoms with Crippen molar-refractivity contribution in [2.24, 2.45) is 17.8 Å². The second-order valence-electron chi connectivity index (χ2n) is 8.78. The number of aromatic nitrogens is 2. The van der Waals surface area contributed by atoms with E-state index in [0.29, 0.717) is 17.5 Å². The maximum atomic E-state index is 12.8. The molecule has 27 heavy (non-hydrogen) atoms. The highest BCUT2D eigenvalue weighted by Crippen LogP contribution is 2.19. The highest BCUT2D eigenvalue weighted by molar-refractivity contribution is 5.99. The minimum absolute atomic E-state index is 0.0432. The van der Waals surface area contributed by atoms with Crippen LogP contribution in [0.1, 0.15) is 56.8 Å². The number of hydrogen-bond acceptors (Lipinski definition) is 3. The summed E-state index contributed by atoms with van der Waals surface area (Å²) < 4.78 is 2.05. The van der Waals surface area contributed by atoms with E-state index in [1.165, 1.54) is 6.54 Å². The fraction of sp³-hybridized carbons (Fsp3) is 0.636. The van der Waals surface area contributed by atoms with E-state index in [-0.39, 0.29) is 5.91 Å². The van der Waals surface area contributed by atoms with Crippen LogP contribution in [0.5, 0.6) is 0 Å². The van der Waals surface area contributed by atoms with E-state index in [4.69, 9.17) is 0 Å². The first-order valence-electron chi connectivity index (χ1n) is 10.4. The third-order valence-corrected chi connectivity index (χ3v) is 5.31. The second-order valence-corrected chi connectivity index (χ2v) is 8.78. The van der Waals surface area contributed by atoms with Crippen LogP contribution in [0.3, 0.4) is 0 Å². The van der Waals surface area contributed by atoms with Crippen LogP contribution in [0.4, 0.5) is 0 Å². The summed E-state index contributed by atoms with van der Waals surface area (Å²) in [6.07, 6.45) is 5.19. The van der Waals surface area contributed by atoms with Gasteiger partial charge in [-0.3, -0.25) is 4.79 Å². The molecule has 1 saturated heterocycles. The van der Waals surface area contributed by atoms with Gasteiger partial charge >= 0.3 is 0 Å². The SMILES string of the molecule is CC(C)Cc1nc(C(=O)NCC2CCN(CC(C)C)CC2)c2ccccn12. The molecule has 2 aromatic heterocycles. The Kier molecular flexibility index (Phi) is 6.53. The average Bonchev–Trinajstić information content (AvgIpc) is 2.99. The van der Waals surface area contributed by atoms with Crippen molar-refractivity contribution in [3.63, 3.8) is 0 Å². The molecule has 3 rings (SSSR count). The molecule has 0 aromatic carbocycles. The van der Waals surface area contributed by atoms with Crippen molar-refractivity contribution < 1.29 is 4.79 Å². The average molecular weight is 371 g/mol. The van der Waals surface area contributed by atoms with Gasteiger partial charge in [0.05, 0.1) is 5.52 Å². The number of imidazole rings is 1. The highest BCUT2D eigenvalue weighted by Gasteiger charge is 2.22. The number of rotatable bonds is 7. The number of amides is 1. The summed E-state index contributed by atoms with van der Waals surface area (Å²) >= 11 is 0. The largest absolute Gasteiger partial charge is 0.350 e. The summed E-state index contributed by atoms with van der Waals surface area (Å²) in [5.41, 5.74) is 1.46. The lowest BCUT2D eigenvalue weighted by Gasteiger charge is -2.32. The van der Waals surface area contributed by atoms with E-state index in [1.807, 2.05) is 24.4 Å². The zero-order chi connectivity index (χ0) is 19.4. The van der Waals surface area contributed by atoms with Crippen molar-refractivity contribution in [2.75, 3.05) is 26.2 Å². The number of fused-ring (bicyclic) bond motifs is 1. The van der Waals surface area contributed by atoms with Crippen molar-refractivity contribution >= 4 is 11.4 Å². The predicted octanol–water partition coefficient (Wildman–Crippen LogP) is 3.63. The molecule has 5 heteroatoms. The Morgan fingerprint density at radius 1 is 1.19 bits per heavy atom. The standard InChI is InChI=1S/C22H34N4O/c1-16(2)13-20-24-21(19-7-5-6-10-26(19)20)22(27)23-14-18-8-11-25(12-9-18)15-17(3)4/h5-7,10,16-18H,8-9,11-15H2,1-4H3,(H,23,27). The van der Waals surface area contributed by atoms with Gasteiger partial charge in [-0.25, -0.2) is 4.98 Å². The van der Waals surface area contributed by atoms with Crippen molar-refractivity contribution in [3.05, 3.63) is 35.9 Å². The van der Waals surface area contributed by atoms with E-state index in [9.17, 15) is 4.79 Å². The molecule has 1 aliphatic rings. The molecule has 2 aromatic rings. The summed E-state index contributed by atoms with van der Waals surface area (Å²) in [6.45, 7) is 13.1. The predicted molar refractivity (Wildman–Crippen MR) is 110 cm³/mol. The molecule has 3 heterocycles. The number of carbonyl (C=O) groups excluding carboxylic acids is 1. The topological polar surface area (TPSA) is 49.6 Å². The number of hydrogen-bond donors (Lipinski definition) is 1. The van der Waals surface area contributed by atoms with Crippen LogP contribution in [0.25, 0.3) is 5.52 Å². The molecule has 0 spiro atoms. The zero-order valence-corrected chi connectivity index (χ0v) is 17.2. The van der Waals surface area contributed by atoms with E-state index in [1.54, 1.807) is 0 Å². The third-order valence-electron chi connectivity index (χ3n) is 5.31. The van der Waals surface area contributed by atoms with Crippen molar-refractivity contribution in [2.45, 2.75) is 47.0 Å². The molecule has 0 unspecified atom stereocenters. The number of pyridine rings is 1. The van der Waals surface area contributed by atoms with Crippen LogP contribution in [-0.4, -0.2) is 46.4 Å². The normalized spacial score (nSPS) is 16.5. The van der Waals surface area contributed by atoms with Gasteiger partial charge in [-0.05, 0) is 55.8 Å². The summed E-state index contributed by atoms with van der Waals surface area (Å²) in [5.74, 6) is 2.71. The van der Waals surface area contributed by atoms with Gasteiger partial charge in [0, 0.05) is 25.7 Å². The molecule has 1 fully saturated rings. The van der Waals surface area contributed by atoms with Gasteiger partial charge in [0.25, 0.3) is 5.91 Å². The van der Waals surface area contributed by atoms with Gasteiger partial charge < -0.3 is 14.6 Å². The molecule has 0 bridgehead atoms. The molecule has 0 atom stereocenters. The summed E-state index contributed by atoms with van der Waals surface area (Å²) in [6, 6.07) is 5.94. The monoisotopic (exact) mass is 370 g/mol. The number of piperidine rings is 1. The van der Waals surface area contributed by atoms with Crippen LogP contribution in [0, 0.1) is 17.8 Å². The van der Waals surface area contributed by atoms with Gasteiger partial charge in [-0.1, -0.05) is 33.8 Å². The number of nitrogens with zero attached hydrogens (tertiary/aromatic N) is 3. The van der Waals surface area contributed by atoms with E-state index >= 15 is 0 Å². The summed E-state index contributed by atoms with van der Waals surface area (Å²) in [4.78, 5) is 20.0. The highest BCUT2D eigenvalue weighted by atomic mass is 16.1. The Balaban J connectivity index is 1.60. The fourth-order valence-corrected chi connectivity index (χ4v) is 3.99. The Morgan fingerprint density at radius 3 is 2.59 bits per heavy atom. The lowest BCUT2D eigenvalue weighted by molar-refractivity contribution is 0.0931. The lowest BCUT2D eigenvalue weighted by Crippen LogP contribution is -2.40. The molecule has 1 amide bonds. The molecule has 0 radical (unpaired) electrons. The first kappa shape index (κ1) is 19.9. The molecule has 0 aliphatic carbocycles. The van der Waals surface area contributed by atoms with Gasteiger partial charge in [0.1, 0.15) is 5.82 Å². The van der Waals surface area contributed by atoms with E-state index in [0.717, 1.165) is 56.2 Å². The second kappa shape index (κ2) is 8.87. The quantitative estimate of drug-likeness (QED) is 0.810. The summed E-state index contributed by atoms with van der Waals surface area (Å²) in [5, 5.41) is 3.15. The van der Waals surface area contributed by atoms with E-state index < -0.39 is 0 Å². The van der Waals surface area contributed by atoms with Gasteiger partial charge in [-0.15, -0.1) is 0 Å². The van der Waals surface area contributed by atoms with Crippen LogP contribution in [0.15, 0.2) is 24.4 Å². The maximum absolute atomic E-state index is 12.8. The van der Waals surface area contributed by atoms with Crippen LogP contribution >= 0.6 is 0 Å². The van der Waals surface area contributed by atoms with Crippen molar-refractivity contribution in [1.82, 2.24) is 19.6 Å². The Labute approximate surface area is 163 Å². The maximum Gasteiger partial charge on any atom is 0.272 e. The minimum Gasteiger partial charge on any atom is -0.350 e. The minimum atomic E-state index is -0.0432. The first-order valence-corrected chi connectivity index (χ1v) is 10.4. The van der Waals surface area contributed by atoms with Gasteiger partial charge in [0.15, 0.2) is 5.69 Å². The molecule has 1 N–H and O–H groups in total.